The molecular weight excluding hydrogens is 274 g/mol. The van der Waals surface area contributed by atoms with E-state index in [1.54, 1.807) is 12.1 Å². The second-order valence-electron chi connectivity index (χ2n) is 5.18. The summed E-state index contributed by atoms with van der Waals surface area (Å²) in [6, 6.07) is 3.33. The fourth-order valence-corrected chi connectivity index (χ4v) is 2.51. The van der Waals surface area contributed by atoms with E-state index in [1.807, 2.05) is 18.7 Å². The smallest absolute Gasteiger partial charge is 0.407 e. The van der Waals surface area contributed by atoms with Crippen molar-refractivity contribution in [1.82, 2.24) is 9.88 Å². The van der Waals surface area contributed by atoms with Crippen molar-refractivity contribution in [2.75, 3.05) is 25.1 Å². The summed E-state index contributed by atoms with van der Waals surface area (Å²) in [6.07, 6.45) is 0.574. The molecule has 0 saturated carbocycles. The van der Waals surface area contributed by atoms with Crippen molar-refractivity contribution in [3.8, 4) is 0 Å². The Kier molecular flexibility index (Phi) is 4.30. The minimum Gasteiger partial charge on any atom is -0.465 e. The molecule has 1 amide bonds. The van der Waals surface area contributed by atoms with E-state index in [0.29, 0.717) is 18.7 Å². The third kappa shape index (κ3) is 3.07. The summed E-state index contributed by atoms with van der Waals surface area (Å²) < 4.78 is 4.64. The Labute approximate surface area is 123 Å². The number of esters is 1. The van der Waals surface area contributed by atoms with Crippen molar-refractivity contribution in [3.63, 3.8) is 0 Å². The lowest BCUT2D eigenvalue weighted by atomic mass is 10.1. The van der Waals surface area contributed by atoms with E-state index in [1.165, 1.54) is 18.2 Å². The van der Waals surface area contributed by atoms with Gasteiger partial charge in [-0.1, -0.05) is 0 Å². The van der Waals surface area contributed by atoms with Crippen molar-refractivity contribution in [3.05, 3.63) is 23.9 Å². The zero-order chi connectivity index (χ0) is 15.6. The molecule has 1 N–H and O–H groups in total. The van der Waals surface area contributed by atoms with Gasteiger partial charge in [-0.15, -0.1) is 0 Å². The maximum Gasteiger partial charge on any atom is 0.407 e. The van der Waals surface area contributed by atoms with Crippen LogP contribution in [0.5, 0.6) is 0 Å². The van der Waals surface area contributed by atoms with Crippen LogP contribution in [0.1, 0.15) is 24.2 Å². The van der Waals surface area contributed by atoms with E-state index in [4.69, 9.17) is 5.11 Å². The van der Waals surface area contributed by atoms with E-state index in [-0.39, 0.29) is 12.1 Å². The van der Waals surface area contributed by atoms with Crippen LogP contribution in [0, 0.1) is 0 Å². The maximum atomic E-state index is 11.4. The number of hydrogen-bond acceptors (Lipinski definition) is 5. The monoisotopic (exact) mass is 293 g/mol. The number of carbonyl (C=O) groups excluding carboxylic acids is 1. The highest BCUT2D eigenvalue weighted by Gasteiger charge is 2.32. The molecular formula is C14H19N3O4. The lowest BCUT2D eigenvalue weighted by molar-refractivity contribution is 0.0600. The van der Waals surface area contributed by atoms with Gasteiger partial charge in [-0.3, -0.25) is 0 Å². The van der Waals surface area contributed by atoms with Crippen LogP contribution in [-0.2, 0) is 4.74 Å². The van der Waals surface area contributed by atoms with Gasteiger partial charge in [0.2, 0.25) is 0 Å². The molecule has 7 heteroatoms. The summed E-state index contributed by atoms with van der Waals surface area (Å²) in [6.45, 7) is 4.82. The van der Waals surface area contributed by atoms with E-state index in [0.717, 1.165) is 5.82 Å². The zero-order valence-electron chi connectivity index (χ0n) is 12.3. The first-order chi connectivity index (χ1) is 9.93. The number of methoxy groups -OCH3 is 1. The second-order valence-corrected chi connectivity index (χ2v) is 5.18. The third-order valence-corrected chi connectivity index (χ3v) is 3.69. The number of hydrogen-bond donors (Lipinski definition) is 1. The number of amides is 1. The van der Waals surface area contributed by atoms with Gasteiger partial charge < -0.3 is 19.6 Å². The van der Waals surface area contributed by atoms with Gasteiger partial charge in [0.15, 0.2) is 0 Å². The Morgan fingerprint density at radius 2 is 2.00 bits per heavy atom. The first-order valence-corrected chi connectivity index (χ1v) is 6.74. The third-order valence-electron chi connectivity index (χ3n) is 3.69. The minimum absolute atomic E-state index is 0.0220. The first-order valence-electron chi connectivity index (χ1n) is 6.74. The lowest BCUT2D eigenvalue weighted by Gasteiger charge is -2.43. The largest absolute Gasteiger partial charge is 0.465 e. The molecule has 2 rings (SSSR count). The van der Waals surface area contributed by atoms with Crippen molar-refractivity contribution < 1.29 is 19.4 Å². The molecule has 7 nitrogen and oxygen atoms in total. The highest BCUT2D eigenvalue weighted by Crippen LogP contribution is 2.21. The Balaban J connectivity index is 2.15. The Morgan fingerprint density at radius 3 is 2.52 bits per heavy atom. The molecule has 1 aromatic rings. The average molecular weight is 293 g/mol. The summed E-state index contributed by atoms with van der Waals surface area (Å²) in [4.78, 5) is 30.3. The highest BCUT2D eigenvalue weighted by atomic mass is 16.5. The molecule has 1 aliphatic rings. The van der Waals surface area contributed by atoms with Gasteiger partial charge >= 0.3 is 12.1 Å². The summed E-state index contributed by atoms with van der Waals surface area (Å²) in [5.74, 6) is 0.304. The average Bonchev–Trinajstić information content (AvgIpc) is 2.48. The summed E-state index contributed by atoms with van der Waals surface area (Å²) in [7, 11) is 1.32. The molecule has 0 aliphatic carbocycles. The number of pyridine rings is 1. The van der Waals surface area contributed by atoms with Crippen LogP contribution < -0.4 is 4.90 Å². The minimum atomic E-state index is -0.900. The molecule has 21 heavy (non-hydrogen) atoms. The summed E-state index contributed by atoms with van der Waals surface area (Å²) in [5.41, 5.74) is 0.395. The normalized spacial score (nSPS) is 22.0. The Bertz CT molecular complexity index is 532. The lowest BCUT2D eigenvalue weighted by Crippen LogP contribution is -2.58. The molecule has 1 aromatic heterocycles. The van der Waals surface area contributed by atoms with Gasteiger partial charge in [0, 0.05) is 31.4 Å². The predicted octanol–water partition coefficient (Wildman–Crippen LogP) is 1.45. The Morgan fingerprint density at radius 1 is 1.29 bits per heavy atom. The second kappa shape index (κ2) is 5.99. The molecule has 1 saturated heterocycles. The molecule has 114 valence electrons. The van der Waals surface area contributed by atoms with Crippen LogP contribution in [0.2, 0.25) is 0 Å². The maximum absolute atomic E-state index is 11.4. The molecule has 1 aliphatic heterocycles. The van der Waals surface area contributed by atoms with E-state index in [2.05, 4.69) is 9.72 Å². The number of piperazine rings is 1. The molecule has 1 fully saturated rings. The van der Waals surface area contributed by atoms with Gasteiger partial charge in [-0.05, 0) is 26.0 Å². The van der Waals surface area contributed by atoms with Crippen molar-refractivity contribution in [2.45, 2.75) is 25.9 Å². The fraction of sp³-hybridized carbons (Fsp3) is 0.500. The van der Waals surface area contributed by atoms with Gasteiger partial charge in [0.05, 0.1) is 12.7 Å². The molecule has 2 heterocycles. The van der Waals surface area contributed by atoms with Crippen LogP contribution in [-0.4, -0.2) is 59.3 Å². The SMILES string of the molecule is COC(=O)c1ccc(N2CC(C)N(C(=O)O)CC2C)nc1. The number of anilines is 1. The van der Waals surface area contributed by atoms with Crippen LogP contribution in [0.15, 0.2) is 18.3 Å². The number of rotatable bonds is 2. The van der Waals surface area contributed by atoms with Gasteiger partial charge in [-0.2, -0.15) is 0 Å². The molecule has 0 aromatic carbocycles. The number of carboxylic acid groups (broad SMARTS) is 1. The van der Waals surface area contributed by atoms with Gasteiger partial charge in [0.25, 0.3) is 0 Å². The van der Waals surface area contributed by atoms with Crippen molar-refractivity contribution in [1.29, 1.82) is 0 Å². The van der Waals surface area contributed by atoms with Gasteiger partial charge in [0.1, 0.15) is 5.82 Å². The number of aromatic nitrogens is 1. The predicted molar refractivity (Wildman–Crippen MR) is 76.6 cm³/mol. The van der Waals surface area contributed by atoms with Crippen molar-refractivity contribution >= 4 is 17.9 Å². The van der Waals surface area contributed by atoms with E-state index >= 15 is 0 Å². The van der Waals surface area contributed by atoms with Crippen LogP contribution in [0.25, 0.3) is 0 Å². The van der Waals surface area contributed by atoms with Crippen LogP contribution in [0.4, 0.5) is 10.6 Å². The van der Waals surface area contributed by atoms with E-state index in [9.17, 15) is 9.59 Å². The molecule has 0 spiro atoms. The van der Waals surface area contributed by atoms with Crippen molar-refractivity contribution in [2.24, 2.45) is 0 Å². The van der Waals surface area contributed by atoms with Crippen LogP contribution >= 0.6 is 0 Å². The standard InChI is InChI=1S/C14H19N3O4/c1-9-8-17(14(19)20)10(2)7-16(9)12-5-4-11(6-15-12)13(18)21-3/h4-6,9-10H,7-8H2,1-3H3,(H,19,20). The Hall–Kier alpha value is -2.31. The number of nitrogens with zero attached hydrogens (tertiary/aromatic N) is 3. The first kappa shape index (κ1) is 15.1. The summed E-state index contributed by atoms with van der Waals surface area (Å²) >= 11 is 0. The molecule has 2 unspecified atom stereocenters. The molecule has 0 radical (unpaired) electrons. The van der Waals surface area contributed by atoms with Crippen LogP contribution in [0.3, 0.4) is 0 Å². The molecule has 0 bridgehead atoms. The fourth-order valence-electron chi connectivity index (χ4n) is 2.51. The molecule has 2 atom stereocenters. The van der Waals surface area contributed by atoms with Gasteiger partial charge in [-0.25, -0.2) is 14.6 Å². The topological polar surface area (TPSA) is 83.0 Å². The zero-order valence-corrected chi connectivity index (χ0v) is 12.3. The summed E-state index contributed by atoms with van der Waals surface area (Å²) in [5, 5.41) is 9.15. The number of carbonyl (C=O) groups is 2. The van der Waals surface area contributed by atoms with E-state index < -0.39 is 12.1 Å². The number of ether oxygens (including phenoxy) is 1. The highest BCUT2D eigenvalue weighted by molar-refractivity contribution is 5.89. The quantitative estimate of drug-likeness (QED) is 0.831.